The molecule has 0 spiro atoms. The van der Waals surface area contributed by atoms with E-state index >= 15 is 0 Å². The number of carbonyl (C=O) groups is 2. The quantitative estimate of drug-likeness (QED) is 0.777. The van der Waals surface area contributed by atoms with Gasteiger partial charge in [0.05, 0.1) is 5.41 Å². The Hall–Kier alpha value is -1.06. The fourth-order valence-electron chi connectivity index (χ4n) is 3.37. The number of amides is 1. The van der Waals surface area contributed by atoms with Crippen molar-refractivity contribution < 1.29 is 14.7 Å². The third kappa shape index (κ3) is 1.51. The van der Waals surface area contributed by atoms with Crippen LogP contribution in [0.3, 0.4) is 0 Å². The summed E-state index contributed by atoms with van der Waals surface area (Å²) in [5.74, 6) is -0.575. The fraction of sp³-hybridized carbons (Fsp3) is 0.833. The summed E-state index contributed by atoms with van der Waals surface area (Å²) in [7, 11) is 0. The largest absolute Gasteiger partial charge is 0.481 e. The molecule has 2 fully saturated rings. The van der Waals surface area contributed by atoms with E-state index in [9.17, 15) is 14.7 Å². The van der Waals surface area contributed by atoms with E-state index < -0.39 is 11.4 Å². The minimum absolute atomic E-state index is 0.0648. The average Bonchev–Trinajstić information content (AvgIpc) is 2.29. The molecule has 1 amide bonds. The minimum atomic E-state index is -0.705. The monoisotopic (exact) mass is 225 g/mol. The Morgan fingerprint density at radius 1 is 1.50 bits per heavy atom. The molecule has 2 aliphatic rings. The number of fused-ring (bicyclic) bond motifs is 1. The lowest BCUT2D eigenvalue weighted by atomic mass is 9.65. The first-order valence-corrected chi connectivity index (χ1v) is 6.14. The number of hydrogen-bond acceptors (Lipinski definition) is 2. The predicted octanol–water partition coefficient (Wildman–Crippen LogP) is 1.64. The number of carbonyl (C=O) groups excluding carboxylic acids is 1. The first-order chi connectivity index (χ1) is 7.62. The Labute approximate surface area is 95.6 Å². The van der Waals surface area contributed by atoms with Crippen molar-refractivity contribution in [3.05, 3.63) is 0 Å². The number of aliphatic carboxylic acids is 1. The fourth-order valence-corrected chi connectivity index (χ4v) is 3.37. The van der Waals surface area contributed by atoms with Crippen LogP contribution in [0.2, 0.25) is 0 Å². The van der Waals surface area contributed by atoms with E-state index in [1.165, 1.54) is 0 Å². The lowest BCUT2D eigenvalue weighted by molar-refractivity contribution is -0.166. The van der Waals surface area contributed by atoms with Gasteiger partial charge in [0.15, 0.2) is 0 Å². The van der Waals surface area contributed by atoms with Crippen molar-refractivity contribution in [2.24, 2.45) is 5.41 Å². The second-order valence-corrected chi connectivity index (χ2v) is 4.90. The predicted molar refractivity (Wildman–Crippen MR) is 58.9 cm³/mol. The van der Waals surface area contributed by atoms with Gasteiger partial charge in [-0.2, -0.15) is 0 Å². The van der Waals surface area contributed by atoms with Gasteiger partial charge in [0, 0.05) is 19.0 Å². The van der Waals surface area contributed by atoms with Gasteiger partial charge >= 0.3 is 5.97 Å². The number of nitrogens with zero attached hydrogens (tertiary/aromatic N) is 1. The van der Waals surface area contributed by atoms with E-state index in [4.69, 9.17) is 0 Å². The zero-order valence-electron chi connectivity index (χ0n) is 9.74. The molecule has 4 nitrogen and oxygen atoms in total. The third-order valence-electron chi connectivity index (χ3n) is 4.24. The van der Waals surface area contributed by atoms with Gasteiger partial charge in [-0.1, -0.05) is 12.8 Å². The van der Waals surface area contributed by atoms with Crippen LogP contribution in [0.1, 0.15) is 45.4 Å². The first kappa shape index (κ1) is 11.4. The van der Waals surface area contributed by atoms with Crippen molar-refractivity contribution in [2.45, 2.75) is 51.5 Å². The normalized spacial score (nSPS) is 34.7. The smallest absolute Gasteiger partial charge is 0.311 e. The number of carboxylic acid groups (broad SMARTS) is 1. The molecule has 90 valence electrons. The molecule has 0 radical (unpaired) electrons. The molecule has 2 atom stereocenters. The highest BCUT2D eigenvalue weighted by Crippen LogP contribution is 2.46. The van der Waals surface area contributed by atoms with Crippen molar-refractivity contribution in [3.63, 3.8) is 0 Å². The van der Waals surface area contributed by atoms with E-state index in [-0.39, 0.29) is 11.9 Å². The van der Waals surface area contributed by atoms with E-state index in [1.807, 2.05) is 6.92 Å². The lowest BCUT2D eigenvalue weighted by Gasteiger charge is -2.49. The summed E-state index contributed by atoms with van der Waals surface area (Å²) in [6.45, 7) is 2.57. The zero-order chi connectivity index (χ0) is 11.8. The molecule has 1 aliphatic heterocycles. The highest BCUT2D eigenvalue weighted by atomic mass is 16.4. The van der Waals surface area contributed by atoms with Crippen LogP contribution in [-0.4, -0.2) is 34.5 Å². The SMILES string of the molecule is CCN1C(=O)CC[C@]2(C(=O)O)CCCC[C@H]12. The Morgan fingerprint density at radius 2 is 2.25 bits per heavy atom. The topological polar surface area (TPSA) is 57.6 Å². The first-order valence-electron chi connectivity index (χ1n) is 6.14. The molecular weight excluding hydrogens is 206 g/mol. The van der Waals surface area contributed by atoms with Gasteiger partial charge in [0.2, 0.25) is 5.91 Å². The maximum Gasteiger partial charge on any atom is 0.311 e. The summed E-state index contributed by atoms with van der Waals surface area (Å²) in [4.78, 5) is 25.1. The van der Waals surface area contributed by atoms with Crippen LogP contribution in [0.5, 0.6) is 0 Å². The molecule has 0 unspecified atom stereocenters. The Morgan fingerprint density at radius 3 is 2.88 bits per heavy atom. The molecule has 1 N–H and O–H groups in total. The Kier molecular flexibility index (Phi) is 2.91. The summed E-state index contributed by atoms with van der Waals surface area (Å²) in [5, 5.41) is 9.49. The molecule has 1 aliphatic carbocycles. The van der Waals surface area contributed by atoms with Crippen LogP contribution in [0.25, 0.3) is 0 Å². The number of likely N-dealkylation sites (tertiary alicyclic amines) is 1. The molecule has 16 heavy (non-hydrogen) atoms. The molecule has 4 heteroatoms. The van der Waals surface area contributed by atoms with Crippen molar-refractivity contribution in [3.8, 4) is 0 Å². The molecule has 0 aromatic carbocycles. The van der Waals surface area contributed by atoms with Crippen LogP contribution in [0.15, 0.2) is 0 Å². The van der Waals surface area contributed by atoms with Gasteiger partial charge in [-0.3, -0.25) is 9.59 Å². The number of carboxylic acids is 1. The number of rotatable bonds is 2. The highest BCUT2D eigenvalue weighted by molar-refractivity contribution is 5.83. The van der Waals surface area contributed by atoms with Crippen molar-refractivity contribution in [1.29, 1.82) is 0 Å². The van der Waals surface area contributed by atoms with E-state index in [0.717, 1.165) is 25.7 Å². The summed E-state index contributed by atoms with van der Waals surface area (Å²) in [6, 6.07) is -0.0648. The molecule has 0 aromatic heterocycles. The van der Waals surface area contributed by atoms with Crippen LogP contribution >= 0.6 is 0 Å². The van der Waals surface area contributed by atoms with Gasteiger partial charge in [-0.15, -0.1) is 0 Å². The molecule has 1 saturated heterocycles. The molecule has 1 saturated carbocycles. The Bertz CT molecular complexity index is 315. The number of piperidine rings is 1. The molecule has 0 bridgehead atoms. The van der Waals surface area contributed by atoms with Crippen LogP contribution < -0.4 is 0 Å². The highest BCUT2D eigenvalue weighted by Gasteiger charge is 2.53. The molecule has 1 heterocycles. The third-order valence-corrected chi connectivity index (χ3v) is 4.24. The van der Waals surface area contributed by atoms with Gasteiger partial charge in [0.25, 0.3) is 0 Å². The van der Waals surface area contributed by atoms with Crippen molar-refractivity contribution in [2.75, 3.05) is 6.54 Å². The van der Waals surface area contributed by atoms with Gasteiger partial charge < -0.3 is 10.0 Å². The standard InChI is InChI=1S/C12H19NO3/c1-2-13-9-5-3-4-7-12(9,11(15)16)8-6-10(13)14/h9H,2-8H2,1H3,(H,15,16)/t9-,12+/m0/s1. The Balaban J connectivity index is 2.33. The van der Waals surface area contributed by atoms with Crippen LogP contribution in [-0.2, 0) is 9.59 Å². The van der Waals surface area contributed by atoms with Gasteiger partial charge in [0.1, 0.15) is 0 Å². The lowest BCUT2D eigenvalue weighted by Crippen LogP contribution is -2.59. The molecule has 2 rings (SSSR count). The zero-order valence-corrected chi connectivity index (χ0v) is 9.74. The minimum Gasteiger partial charge on any atom is -0.481 e. The second kappa shape index (κ2) is 4.07. The van der Waals surface area contributed by atoms with Crippen LogP contribution in [0, 0.1) is 5.41 Å². The van der Waals surface area contributed by atoms with Crippen molar-refractivity contribution in [1.82, 2.24) is 4.90 Å². The van der Waals surface area contributed by atoms with E-state index in [1.54, 1.807) is 4.90 Å². The van der Waals surface area contributed by atoms with Crippen LogP contribution in [0.4, 0.5) is 0 Å². The second-order valence-electron chi connectivity index (χ2n) is 4.90. The number of hydrogen-bond donors (Lipinski definition) is 1. The van der Waals surface area contributed by atoms with E-state index in [2.05, 4.69) is 0 Å². The van der Waals surface area contributed by atoms with Gasteiger partial charge in [-0.25, -0.2) is 0 Å². The average molecular weight is 225 g/mol. The summed E-state index contributed by atoms with van der Waals surface area (Å²) in [5.41, 5.74) is -0.651. The maximum absolute atomic E-state index is 11.8. The summed E-state index contributed by atoms with van der Waals surface area (Å²) < 4.78 is 0. The molecule has 0 aromatic rings. The summed E-state index contributed by atoms with van der Waals surface area (Å²) >= 11 is 0. The summed E-state index contributed by atoms with van der Waals surface area (Å²) in [6.07, 6.45) is 4.54. The van der Waals surface area contributed by atoms with E-state index in [0.29, 0.717) is 19.4 Å². The molecular formula is C12H19NO3. The van der Waals surface area contributed by atoms with Crippen molar-refractivity contribution >= 4 is 11.9 Å². The maximum atomic E-state index is 11.8. The van der Waals surface area contributed by atoms with Gasteiger partial charge in [-0.05, 0) is 26.2 Å².